The van der Waals surface area contributed by atoms with Gasteiger partial charge in [0, 0.05) is 45.2 Å². The monoisotopic (exact) mass is 293 g/mol. The summed E-state index contributed by atoms with van der Waals surface area (Å²) in [5.41, 5.74) is 0. The molecule has 0 aromatic carbocycles. The first-order valence-corrected chi connectivity index (χ1v) is 7.42. The van der Waals surface area contributed by atoms with E-state index in [2.05, 4.69) is 19.2 Å². The molecule has 2 heterocycles. The second kappa shape index (κ2) is 7.26. The summed E-state index contributed by atoms with van der Waals surface area (Å²) in [5.74, 6) is 0.401. The lowest BCUT2D eigenvalue weighted by Gasteiger charge is -2.34. The molecule has 2 amide bonds. The first kappa shape index (κ1) is 15.6. The van der Waals surface area contributed by atoms with Crippen LogP contribution in [0.25, 0.3) is 0 Å². The van der Waals surface area contributed by atoms with E-state index in [9.17, 15) is 9.59 Å². The summed E-state index contributed by atoms with van der Waals surface area (Å²) in [5, 5.41) is 3.24. The third-order valence-corrected chi connectivity index (χ3v) is 3.54. The molecule has 0 unspecified atom stereocenters. The summed E-state index contributed by atoms with van der Waals surface area (Å²) in [6, 6.07) is 3.76. The van der Waals surface area contributed by atoms with E-state index in [0.717, 1.165) is 0 Å². The number of hydrogen-bond acceptors (Lipinski definition) is 4. The SMILES string of the molecule is CC(C)NCCC(=O)N1CCN(C(=O)c2ccco2)CC1. The van der Waals surface area contributed by atoms with Crippen molar-refractivity contribution in [1.82, 2.24) is 15.1 Å². The number of furan rings is 1. The van der Waals surface area contributed by atoms with Gasteiger partial charge in [-0.1, -0.05) is 13.8 Å². The van der Waals surface area contributed by atoms with E-state index in [1.165, 1.54) is 6.26 Å². The predicted molar refractivity (Wildman–Crippen MR) is 78.9 cm³/mol. The Kier molecular flexibility index (Phi) is 5.38. The second-order valence-electron chi connectivity index (χ2n) is 5.51. The lowest BCUT2D eigenvalue weighted by Crippen LogP contribution is -2.51. The van der Waals surface area contributed by atoms with E-state index in [-0.39, 0.29) is 11.8 Å². The minimum atomic E-state index is -0.103. The standard InChI is InChI=1S/C15H23N3O3/c1-12(2)16-6-5-14(19)17-7-9-18(10-8-17)15(20)13-4-3-11-21-13/h3-4,11-12,16H,5-10H2,1-2H3. The third-order valence-electron chi connectivity index (χ3n) is 3.54. The number of carbonyl (C=O) groups is 2. The maximum atomic E-state index is 12.1. The number of carbonyl (C=O) groups excluding carboxylic acids is 2. The number of nitrogens with one attached hydrogen (secondary N) is 1. The molecular weight excluding hydrogens is 270 g/mol. The van der Waals surface area contributed by atoms with Crippen LogP contribution in [0.3, 0.4) is 0 Å². The van der Waals surface area contributed by atoms with Crippen molar-refractivity contribution in [2.45, 2.75) is 26.3 Å². The molecular formula is C15H23N3O3. The summed E-state index contributed by atoms with van der Waals surface area (Å²) in [7, 11) is 0. The topological polar surface area (TPSA) is 65.8 Å². The molecule has 0 bridgehead atoms. The van der Waals surface area contributed by atoms with Gasteiger partial charge in [-0.25, -0.2) is 0 Å². The molecule has 21 heavy (non-hydrogen) atoms. The fraction of sp³-hybridized carbons (Fsp3) is 0.600. The predicted octanol–water partition coefficient (Wildman–Crippen LogP) is 0.952. The van der Waals surface area contributed by atoms with Crippen molar-refractivity contribution in [3.05, 3.63) is 24.2 Å². The van der Waals surface area contributed by atoms with Crippen LogP contribution in [0.15, 0.2) is 22.8 Å². The maximum absolute atomic E-state index is 12.1. The molecule has 0 radical (unpaired) electrons. The molecule has 1 saturated heterocycles. The van der Waals surface area contributed by atoms with Gasteiger partial charge >= 0.3 is 0 Å². The Hall–Kier alpha value is -1.82. The van der Waals surface area contributed by atoms with E-state index in [1.54, 1.807) is 17.0 Å². The highest BCUT2D eigenvalue weighted by atomic mass is 16.3. The number of rotatable bonds is 5. The smallest absolute Gasteiger partial charge is 0.289 e. The summed E-state index contributed by atoms with van der Waals surface area (Å²) >= 11 is 0. The Labute approximate surface area is 125 Å². The van der Waals surface area contributed by atoms with Gasteiger partial charge in [0.1, 0.15) is 0 Å². The van der Waals surface area contributed by atoms with Crippen molar-refractivity contribution in [2.75, 3.05) is 32.7 Å². The number of amides is 2. The molecule has 2 rings (SSSR count). The molecule has 1 aliphatic rings. The lowest BCUT2D eigenvalue weighted by atomic mass is 10.2. The fourth-order valence-corrected chi connectivity index (χ4v) is 2.34. The van der Waals surface area contributed by atoms with Crippen molar-refractivity contribution in [2.24, 2.45) is 0 Å². The van der Waals surface area contributed by atoms with Gasteiger partial charge in [0.25, 0.3) is 5.91 Å². The Morgan fingerprint density at radius 2 is 1.90 bits per heavy atom. The summed E-state index contributed by atoms with van der Waals surface area (Å²) in [6.07, 6.45) is 2.00. The van der Waals surface area contributed by atoms with Crippen LogP contribution in [0.4, 0.5) is 0 Å². The molecule has 0 saturated carbocycles. The fourth-order valence-electron chi connectivity index (χ4n) is 2.34. The number of piperazine rings is 1. The van der Waals surface area contributed by atoms with Crippen molar-refractivity contribution in [3.63, 3.8) is 0 Å². The van der Waals surface area contributed by atoms with Crippen LogP contribution in [0.1, 0.15) is 30.8 Å². The van der Waals surface area contributed by atoms with Gasteiger partial charge in [-0.15, -0.1) is 0 Å². The molecule has 0 spiro atoms. The second-order valence-corrected chi connectivity index (χ2v) is 5.51. The van der Waals surface area contributed by atoms with E-state index < -0.39 is 0 Å². The maximum Gasteiger partial charge on any atom is 0.289 e. The zero-order valence-corrected chi connectivity index (χ0v) is 12.7. The van der Waals surface area contributed by atoms with Crippen molar-refractivity contribution < 1.29 is 14.0 Å². The van der Waals surface area contributed by atoms with E-state index in [0.29, 0.717) is 50.9 Å². The molecule has 6 nitrogen and oxygen atoms in total. The highest BCUT2D eigenvalue weighted by Gasteiger charge is 2.25. The quantitative estimate of drug-likeness (QED) is 0.878. The van der Waals surface area contributed by atoms with Crippen molar-refractivity contribution in [1.29, 1.82) is 0 Å². The summed E-state index contributed by atoms with van der Waals surface area (Å²) in [6.45, 7) is 7.11. The van der Waals surface area contributed by atoms with Crippen LogP contribution in [-0.2, 0) is 4.79 Å². The van der Waals surface area contributed by atoms with E-state index in [4.69, 9.17) is 4.42 Å². The van der Waals surface area contributed by atoms with E-state index in [1.807, 2.05) is 4.90 Å². The molecule has 1 aliphatic heterocycles. The average Bonchev–Trinajstić information content (AvgIpc) is 3.00. The van der Waals surface area contributed by atoms with Gasteiger partial charge in [-0.3, -0.25) is 9.59 Å². The Morgan fingerprint density at radius 3 is 2.48 bits per heavy atom. The normalized spacial score (nSPS) is 15.6. The molecule has 116 valence electrons. The minimum absolute atomic E-state index is 0.103. The largest absolute Gasteiger partial charge is 0.459 e. The first-order valence-electron chi connectivity index (χ1n) is 7.42. The summed E-state index contributed by atoms with van der Waals surface area (Å²) in [4.78, 5) is 27.7. The minimum Gasteiger partial charge on any atom is -0.459 e. The zero-order chi connectivity index (χ0) is 15.2. The molecule has 0 aliphatic carbocycles. The van der Waals surface area contributed by atoms with Crippen molar-refractivity contribution >= 4 is 11.8 Å². The van der Waals surface area contributed by atoms with Crippen LogP contribution in [0, 0.1) is 0 Å². The van der Waals surface area contributed by atoms with Gasteiger partial charge in [-0.2, -0.15) is 0 Å². The van der Waals surface area contributed by atoms with Crippen LogP contribution in [-0.4, -0.2) is 60.4 Å². The molecule has 1 fully saturated rings. The number of hydrogen-bond donors (Lipinski definition) is 1. The molecule has 1 aromatic heterocycles. The van der Waals surface area contributed by atoms with E-state index >= 15 is 0 Å². The Bertz CT molecular complexity index is 463. The molecule has 1 aromatic rings. The average molecular weight is 293 g/mol. The third kappa shape index (κ3) is 4.32. The summed E-state index contributed by atoms with van der Waals surface area (Å²) < 4.78 is 5.12. The van der Waals surface area contributed by atoms with Crippen LogP contribution < -0.4 is 5.32 Å². The Morgan fingerprint density at radius 1 is 1.24 bits per heavy atom. The van der Waals surface area contributed by atoms with Gasteiger partial charge in [0.15, 0.2) is 5.76 Å². The molecule has 0 atom stereocenters. The van der Waals surface area contributed by atoms with Gasteiger partial charge < -0.3 is 19.5 Å². The van der Waals surface area contributed by atoms with Gasteiger partial charge in [0.05, 0.1) is 6.26 Å². The van der Waals surface area contributed by atoms with Gasteiger partial charge in [0.2, 0.25) is 5.91 Å². The van der Waals surface area contributed by atoms with Crippen LogP contribution in [0.2, 0.25) is 0 Å². The molecule has 1 N–H and O–H groups in total. The Balaban J connectivity index is 1.75. The van der Waals surface area contributed by atoms with Crippen molar-refractivity contribution in [3.8, 4) is 0 Å². The zero-order valence-electron chi connectivity index (χ0n) is 12.7. The van der Waals surface area contributed by atoms with Gasteiger partial charge in [-0.05, 0) is 12.1 Å². The van der Waals surface area contributed by atoms with Crippen LogP contribution >= 0.6 is 0 Å². The highest BCUT2D eigenvalue weighted by Crippen LogP contribution is 2.10. The van der Waals surface area contributed by atoms with Crippen LogP contribution in [0.5, 0.6) is 0 Å². The first-order chi connectivity index (χ1) is 10.1. The lowest BCUT2D eigenvalue weighted by molar-refractivity contribution is -0.132. The highest BCUT2D eigenvalue weighted by molar-refractivity contribution is 5.91. The number of nitrogens with zero attached hydrogens (tertiary/aromatic N) is 2. The molecule has 6 heteroatoms.